The Morgan fingerprint density at radius 2 is 2.06 bits per heavy atom. The highest BCUT2D eigenvalue weighted by Crippen LogP contribution is 2.12. The Hall–Kier alpha value is -1.00. The molecule has 0 fully saturated rings. The molecule has 1 unspecified atom stereocenters. The average Bonchev–Trinajstić information content (AvgIpc) is 2.30. The van der Waals surface area contributed by atoms with Crippen molar-refractivity contribution in [1.82, 2.24) is 15.3 Å². The van der Waals surface area contributed by atoms with Crippen molar-refractivity contribution in [2.45, 2.75) is 46.3 Å². The van der Waals surface area contributed by atoms with Gasteiger partial charge in [-0.25, -0.2) is 9.97 Å². The van der Waals surface area contributed by atoms with Crippen molar-refractivity contribution in [3.05, 3.63) is 23.8 Å². The van der Waals surface area contributed by atoms with E-state index in [1.807, 2.05) is 13.0 Å². The molecule has 1 rings (SSSR count). The number of aromatic nitrogens is 2. The van der Waals surface area contributed by atoms with Crippen LogP contribution in [0.1, 0.15) is 38.2 Å². The van der Waals surface area contributed by atoms with E-state index < -0.39 is 0 Å². The molecule has 1 aromatic heterocycles. The number of nitrogens with zero attached hydrogens (tertiary/aromatic N) is 2. The maximum absolute atomic E-state index is 9.95. The number of aliphatic hydroxyl groups excluding tert-OH is 1. The molecule has 1 heterocycles. The molecule has 0 radical (unpaired) electrons. The molecular formula is C13H23N3O. The van der Waals surface area contributed by atoms with E-state index in [2.05, 4.69) is 29.1 Å². The number of aliphatic hydroxyl groups is 1. The van der Waals surface area contributed by atoms with Gasteiger partial charge in [-0.3, -0.25) is 0 Å². The number of aryl methyl sites for hydroxylation is 1. The molecule has 0 bridgehead atoms. The molecule has 1 atom stereocenters. The topological polar surface area (TPSA) is 58.0 Å². The molecule has 0 saturated heterocycles. The minimum atomic E-state index is -0.270. The minimum Gasteiger partial charge on any atom is -0.392 e. The molecule has 0 aliphatic rings. The third kappa shape index (κ3) is 4.79. The zero-order valence-electron chi connectivity index (χ0n) is 11.0. The van der Waals surface area contributed by atoms with Crippen LogP contribution in [-0.2, 0) is 6.54 Å². The van der Waals surface area contributed by atoms with Crippen LogP contribution >= 0.6 is 0 Å². The smallest absolute Gasteiger partial charge is 0.125 e. The summed E-state index contributed by atoms with van der Waals surface area (Å²) in [6, 6.07) is 1.89. The van der Waals surface area contributed by atoms with Crippen LogP contribution in [0.25, 0.3) is 0 Å². The van der Waals surface area contributed by atoms with E-state index >= 15 is 0 Å². The highest BCUT2D eigenvalue weighted by Gasteiger charge is 2.14. The largest absolute Gasteiger partial charge is 0.392 e. The maximum atomic E-state index is 9.95. The van der Waals surface area contributed by atoms with Gasteiger partial charge in [0.25, 0.3) is 0 Å². The van der Waals surface area contributed by atoms with Gasteiger partial charge in [0.05, 0.1) is 11.8 Å². The van der Waals surface area contributed by atoms with Gasteiger partial charge in [-0.1, -0.05) is 26.7 Å². The van der Waals surface area contributed by atoms with E-state index in [1.54, 1.807) is 6.20 Å². The van der Waals surface area contributed by atoms with Crippen molar-refractivity contribution in [2.24, 2.45) is 5.92 Å². The molecule has 0 aromatic carbocycles. The monoisotopic (exact) mass is 237 g/mol. The van der Waals surface area contributed by atoms with Crippen LogP contribution in [0.5, 0.6) is 0 Å². The minimum absolute atomic E-state index is 0.270. The van der Waals surface area contributed by atoms with Gasteiger partial charge in [-0.15, -0.1) is 0 Å². The molecule has 4 heteroatoms. The fraction of sp³-hybridized carbons (Fsp3) is 0.692. The molecule has 0 saturated carbocycles. The van der Waals surface area contributed by atoms with Crippen LogP contribution in [0.15, 0.2) is 12.3 Å². The molecule has 17 heavy (non-hydrogen) atoms. The van der Waals surface area contributed by atoms with Crippen molar-refractivity contribution in [2.75, 3.05) is 6.54 Å². The Morgan fingerprint density at radius 3 is 2.65 bits per heavy atom. The Morgan fingerprint density at radius 1 is 1.35 bits per heavy atom. The van der Waals surface area contributed by atoms with Gasteiger partial charge in [0.2, 0.25) is 0 Å². The summed E-state index contributed by atoms with van der Waals surface area (Å²) in [6.45, 7) is 7.41. The lowest BCUT2D eigenvalue weighted by molar-refractivity contribution is 0.101. The third-order valence-corrected chi connectivity index (χ3v) is 3.09. The first kappa shape index (κ1) is 14.1. The summed E-state index contributed by atoms with van der Waals surface area (Å²) in [6.07, 6.45) is 3.53. The summed E-state index contributed by atoms with van der Waals surface area (Å²) in [5, 5.41) is 13.2. The Balaban J connectivity index is 2.32. The van der Waals surface area contributed by atoms with Crippen molar-refractivity contribution < 1.29 is 5.11 Å². The maximum Gasteiger partial charge on any atom is 0.125 e. The fourth-order valence-corrected chi connectivity index (χ4v) is 1.95. The SMILES string of the molecule is CCC(CC)C(O)CNCc1ccnc(C)n1. The molecule has 1 aromatic rings. The van der Waals surface area contributed by atoms with Crippen molar-refractivity contribution >= 4 is 0 Å². The second-order valence-electron chi connectivity index (χ2n) is 4.37. The summed E-state index contributed by atoms with van der Waals surface area (Å²) in [4.78, 5) is 8.35. The van der Waals surface area contributed by atoms with Crippen LogP contribution in [0.4, 0.5) is 0 Å². The first-order valence-corrected chi connectivity index (χ1v) is 6.34. The molecule has 0 aliphatic heterocycles. The number of nitrogens with one attached hydrogen (secondary N) is 1. The van der Waals surface area contributed by atoms with E-state index in [1.165, 1.54) is 0 Å². The first-order chi connectivity index (χ1) is 8.17. The number of hydrogen-bond donors (Lipinski definition) is 2. The zero-order valence-corrected chi connectivity index (χ0v) is 11.0. The highest BCUT2D eigenvalue weighted by atomic mass is 16.3. The van der Waals surface area contributed by atoms with Gasteiger partial charge in [-0.2, -0.15) is 0 Å². The molecular weight excluding hydrogens is 214 g/mol. The third-order valence-electron chi connectivity index (χ3n) is 3.09. The van der Waals surface area contributed by atoms with Crippen LogP contribution < -0.4 is 5.32 Å². The quantitative estimate of drug-likeness (QED) is 0.757. The van der Waals surface area contributed by atoms with Gasteiger partial charge in [0.15, 0.2) is 0 Å². The number of hydrogen-bond acceptors (Lipinski definition) is 4. The molecule has 0 amide bonds. The Labute approximate surface area is 103 Å². The normalized spacial score (nSPS) is 13.0. The van der Waals surface area contributed by atoms with Gasteiger partial charge < -0.3 is 10.4 Å². The van der Waals surface area contributed by atoms with E-state index in [4.69, 9.17) is 0 Å². The predicted molar refractivity (Wildman–Crippen MR) is 68.6 cm³/mol. The summed E-state index contributed by atoms with van der Waals surface area (Å²) in [5.74, 6) is 1.17. The second-order valence-corrected chi connectivity index (χ2v) is 4.37. The van der Waals surface area contributed by atoms with E-state index in [0.717, 1.165) is 24.4 Å². The summed E-state index contributed by atoms with van der Waals surface area (Å²) >= 11 is 0. The molecule has 96 valence electrons. The Bertz CT molecular complexity index is 326. The summed E-state index contributed by atoms with van der Waals surface area (Å²) in [5.41, 5.74) is 0.967. The van der Waals surface area contributed by atoms with Gasteiger partial charge >= 0.3 is 0 Å². The van der Waals surface area contributed by atoms with Gasteiger partial charge in [0.1, 0.15) is 5.82 Å². The molecule has 0 spiro atoms. The summed E-state index contributed by atoms with van der Waals surface area (Å²) in [7, 11) is 0. The lowest BCUT2D eigenvalue weighted by Gasteiger charge is -2.20. The van der Waals surface area contributed by atoms with Crippen molar-refractivity contribution in [3.63, 3.8) is 0 Å². The van der Waals surface area contributed by atoms with Crippen molar-refractivity contribution in [1.29, 1.82) is 0 Å². The lowest BCUT2D eigenvalue weighted by Crippen LogP contribution is -2.32. The van der Waals surface area contributed by atoms with Crippen LogP contribution in [-0.4, -0.2) is 27.7 Å². The van der Waals surface area contributed by atoms with Gasteiger partial charge in [-0.05, 0) is 18.9 Å². The first-order valence-electron chi connectivity index (χ1n) is 6.34. The standard InChI is InChI=1S/C13H23N3O/c1-4-11(5-2)13(17)9-14-8-12-6-7-15-10(3)16-12/h6-7,11,13-14,17H,4-5,8-9H2,1-3H3. The van der Waals surface area contributed by atoms with E-state index in [-0.39, 0.29) is 6.10 Å². The summed E-state index contributed by atoms with van der Waals surface area (Å²) < 4.78 is 0. The highest BCUT2D eigenvalue weighted by molar-refractivity contribution is 5.01. The lowest BCUT2D eigenvalue weighted by atomic mass is 9.96. The molecule has 0 aliphatic carbocycles. The molecule has 2 N–H and O–H groups in total. The zero-order chi connectivity index (χ0) is 12.7. The Kier molecular flexibility index (Phi) is 6.08. The number of rotatable bonds is 7. The molecule has 4 nitrogen and oxygen atoms in total. The van der Waals surface area contributed by atoms with Crippen LogP contribution in [0.2, 0.25) is 0 Å². The van der Waals surface area contributed by atoms with Crippen LogP contribution in [0.3, 0.4) is 0 Å². The second kappa shape index (κ2) is 7.35. The van der Waals surface area contributed by atoms with Crippen molar-refractivity contribution in [3.8, 4) is 0 Å². The van der Waals surface area contributed by atoms with Gasteiger partial charge in [0, 0.05) is 19.3 Å². The average molecular weight is 237 g/mol. The van der Waals surface area contributed by atoms with Crippen LogP contribution in [0, 0.1) is 12.8 Å². The van der Waals surface area contributed by atoms with E-state index in [0.29, 0.717) is 19.0 Å². The predicted octanol–water partition coefficient (Wildman–Crippen LogP) is 1.67. The fourth-order valence-electron chi connectivity index (χ4n) is 1.95. The van der Waals surface area contributed by atoms with E-state index in [9.17, 15) is 5.11 Å².